The van der Waals surface area contributed by atoms with Gasteiger partial charge in [0.25, 0.3) is 0 Å². The largest absolute Gasteiger partial charge is 0.339 e. The molecule has 1 aliphatic rings. The van der Waals surface area contributed by atoms with Crippen molar-refractivity contribution in [2.45, 2.75) is 37.5 Å². The van der Waals surface area contributed by atoms with Crippen molar-refractivity contribution < 1.29 is 9.32 Å². The number of hydrogen-bond acceptors (Lipinski definition) is 5. The van der Waals surface area contributed by atoms with Crippen LogP contribution >= 0.6 is 11.8 Å². The van der Waals surface area contributed by atoms with Crippen molar-refractivity contribution in [3.05, 3.63) is 41.5 Å². The number of nitrogens with one attached hydrogen (secondary N) is 1. The van der Waals surface area contributed by atoms with Crippen LogP contribution in [-0.4, -0.2) is 46.5 Å². The Kier molecular flexibility index (Phi) is 5.96. The molecule has 6 nitrogen and oxygen atoms in total. The Bertz CT molecular complexity index is 701. The molecule has 2 aromatic rings. The topological polar surface area (TPSA) is 71.3 Å². The quantitative estimate of drug-likeness (QED) is 0.654. The van der Waals surface area contributed by atoms with E-state index in [0.717, 1.165) is 25.1 Å². The lowest BCUT2D eigenvalue weighted by Crippen LogP contribution is -2.45. The van der Waals surface area contributed by atoms with Crippen LogP contribution in [0.25, 0.3) is 0 Å². The van der Waals surface area contributed by atoms with E-state index in [0.29, 0.717) is 24.8 Å². The molecular formula is C18H24N4O2S. The maximum absolute atomic E-state index is 12.4. The summed E-state index contributed by atoms with van der Waals surface area (Å²) in [5.74, 6) is 2.28. The summed E-state index contributed by atoms with van der Waals surface area (Å²) < 4.78 is 5.26. The van der Waals surface area contributed by atoms with Crippen LogP contribution in [0.1, 0.15) is 36.0 Å². The lowest BCUT2D eigenvalue weighted by molar-refractivity contribution is 0.172. The van der Waals surface area contributed by atoms with Gasteiger partial charge in [-0.25, -0.2) is 4.79 Å². The number of thioether (sulfide) groups is 1. The van der Waals surface area contributed by atoms with Crippen LogP contribution in [0.5, 0.6) is 0 Å². The first-order valence-electron chi connectivity index (χ1n) is 8.64. The van der Waals surface area contributed by atoms with Gasteiger partial charge in [-0.05, 0) is 38.8 Å². The van der Waals surface area contributed by atoms with E-state index in [1.165, 1.54) is 10.5 Å². The van der Waals surface area contributed by atoms with Gasteiger partial charge in [0.15, 0.2) is 5.82 Å². The molecule has 2 amide bonds. The molecule has 0 bridgehead atoms. The lowest BCUT2D eigenvalue weighted by atomic mass is 9.98. The van der Waals surface area contributed by atoms with Gasteiger partial charge in [-0.1, -0.05) is 22.9 Å². The molecule has 1 aromatic heterocycles. The molecule has 1 unspecified atom stereocenters. The van der Waals surface area contributed by atoms with Crippen LogP contribution in [0.15, 0.2) is 33.7 Å². The van der Waals surface area contributed by atoms with Gasteiger partial charge in [0.1, 0.15) is 0 Å². The molecule has 7 heteroatoms. The number of piperidine rings is 1. The Balaban J connectivity index is 1.42. The normalized spacial score (nSPS) is 17.5. The predicted molar refractivity (Wildman–Crippen MR) is 97.9 cm³/mol. The van der Waals surface area contributed by atoms with Crippen molar-refractivity contribution in [3.63, 3.8) is 0 Å². The molecule has 134 valence electrons. The highest BCUT2D eigenvalue weighted by Gasteiger charge is 2.28. The Morgan fingerprint density at radius 2 is 2.16 bits per heavy atom. The number of rotatable bonds is 5. The Morgan fingerprint density at radius 3 is 2.88 bits per heavy atom. The van der Waals surface area contributed by atoms with Gasteiger partial charge in [-0.15, -0.1) is 11.8 Å². The molecule has 2 heterocycles. The van der Waals surface area contributed by atoms with Gasteiger partial charge in [0, 0.05) is 30.3 Å². The maximum Gasteiger partial charge on any atom is 0.317 e. The number of aryl methyl sites for hydroxylation is 2. The zero-order valence-electron chi connectivity index (χ0n) is 14.7. The van der Waals surface area contributed by atoms with Gasteiger partial charge in [-0.2, -0.15) is 4.98 Å². The highest BCUT2D eigenvalue weighted by atomic mass is 32.2. The number of carbonyl (C=O) groups excluding carboxylic acids is 1. The molecule has 1 atom stereocenters. The number of nitrogens with zero attached hydrogens (tertiary/aromatic N) is 3. The van der Waals surface area contributed by atoms with E-state index in [1.807, 2.05) is 11.8 Å². The molecule has 1 N–H and O–H groups in total. The van der Waals surface area contributed by atoms with Gasteiger partial charge in [-0.3, -0.25) is 0 Å². The Hall–Kier alpha value is -2.02. The third-order valence-corrected chi connectivity index (χ3v) is 5.28. The zero-order chi connectivity index (χ0) is 17.6. The number of urea groups is 1. The van der Waals surface area contributed by atoms with Crippen LogP contribution < -0.4 is 5.32 Å². The molecule has 1 aromatic carbocycles. The third kappa shape index (κ3) is 4.98. The van der Waals surface area contributed by atoms with Crippen LogP contribution in [-0.2, 0) is 0 Å². The highest BCUT2D eigenvalue weighted by Crippen LogP contribution is 2.25. The van der Waals surface area contributed by atoms with Crippen LogP contribution in [0.2, 0.25) is 0 Å². The molecule has 1 saturated heterocycles. The van der Waals surface area contributed by atoms with E-state index < -0.39 is 0 Å². The number of likely N-dealkylation sites (tertiary alicyclic amines) is 1. The molecule has 0 aliphatic carbocycles. The van der Waals surface area contributed by atoms with Crippen molar-refractivity contribution in [2.75, 3.05) is 25.4 Å². The van der Waals surface area contributed by atoms with E-state index in [1.54, 1.807) is 11.8 Å². The minimum atomic E-state index is -0.00885. The van der Waals surface area contributed by atoms with Gasteiger partial charge >= 0.3 is 6.03 Å². The second kappa shape index (κ2) is 8.38. The molecule has 1 aliphatic heterocycles. The summed E-state index contributed by atoms with van der Waals surface area (Å²) in [4.78, 5) is 19.8. The molecule has 3 rings (SSSR count). The van der Waals surface area contributed by atoms with E-state index >= 15 is 0 Å². The van der Waals surface area contributed by atoms with Crippen molar-refractivity contribution in [2.24, 2.45) is 0 Å². The van der Waals surface area contributed by atoms with Gasteiger partial charge < -0.3 is 14.7 Å². The summed E-state index contributed by atoms with van der Waals surface area (Å²) in [6.45, 7) is 5.96. The second-order valence-electron chi connectivity index (χ2n) is 6.36. The minimum absolute atomic E-state index is 0.00885. The second-order valence-corrected chi connectivity index (χ2v) is 7.53. The number of amides is 2. The summed E-state index contributed by atoms with van der Waals surface area (Å²) in [5, 5.41) is 6.86. The van der Waals surface area contributed by atoms with Gasteiger partial charge in [0.2, 0.25) is 5.89 Å². The first kappa shape index (κ1) is 17.8. The van der Waals surface area contributed by atoms with E-state index in [9.17, 15) is 4.79 Å². The number of benzene rings is 1. The fourth-order valence-corrected chi connectivity index (χ4v) is 3.68. The summed E-state index contributed by atoms with van der Waals surface area (Å²) in [6.07, 6.45) is 1.94. The Morgan fingerprint density at radius 1 is 1.36 bits per heavy atom. The molecule has 0 saturated carbocycles. The first-order chi connectivity index (χ1) is 12.1. The Labute approximate surface area is 152 Å². The monoisotopic (exact) mass is 360 g/mol. The lowest BCUT2D eigenvalue weighted by Gasteiger charge is -2.31. The van der Waals surface area contributed by atoms with Crippen molar-refractivity contribution >= 4 is 17.8 Å². The number of carbonyl (C=O) groups is 1. The fourth-order valence-electron chi connectivity index (χ4n) is 2.92. The summed E-state index contributed by atoms with van der Waals surface area (Å²) in [6, 6.07) is 8.43. The number of aromatic nitrogens is 2. The molecule has 25 heavy (non-hydrogen) atoms. The van der Waals surface area contributed by atoms with Crippen LogP contribution in [0.3, 0.4) is 0 Å². The zero-order valence-corrected chi connectivity index (χ0v) is 15.5. The predicted octanol–water partition coefficient (Wildman–Crippen LogP) is 3.37. The average molecular weight is 360 g/mol. The molecule has 0 radical (unpaired) electrons. The summed E-state index contributed by atoms with van der Waals surface area (Å²) >= 11 is 1.75. The van der Waals surface area contributed by atoms with Crippen LogP contribution in [0, 0.1) is 13.8 Å². The first-order valence-corrected chi connectivity index (χ1v) is 9.63. The standard InChI is InChI=1S/C18H24N4O2S/c1-13-5-7-16(8-6-13)25-11-9-19-18(23)22-10-3-4-15(12-22)17-20-14(2)21-24-17/h5-8,15H,3-4,9-12H2,1-2H3,(H,19,23). The van der Waals surface area contributed by atoms with Crippen molar-refractivity contribution in [3.8, 4) is 0 Å². The van der Waals surface area contributed by atoms with E-state index in [2.05, 4.69) is 46.6 Å². The van der Waals surface area contributed by atoms with Crippen molar-refractivity contribution in [1.82, 2.24) is 20.4 Å². The van der Waals surface area contributed by atoms with E-state index in [-0.39, 0.29) is 11.9 Å². The summed E-state index contributed by atoms with van der Waals surface area (Å²) in [7, 11) is 0. The fraction of sp³-hybridized carbons (Fsp3) is 0.500. The number of hydrogen-bond donors (Lipinski definition) is 1. The smallest absolute Gasteiger partial charge is 0.317 e. The third-order valence-electron chi connectivity index (χ3n) is 4.27. The maximum atomic E-state index is 12.4. The molecular weight excluding hydrogens is 336 g/mol. The highest BCUT2D eigenvalue weighted by molar-refractivity contribution is 7.99. The molecule has 1 fully saturated rings. The van der Waals surface area contributed by atoms with Crippen molar-refractivity contribution in [1.29, 1.82) is 0 Å². The van der Waals surface area contributed by atoms with E-state index in [4.69, 9.17) is 4.52 Å². The molecule has 0 spiro atoms. The minimum Gasteiger partial charge on any atom is -0.339 e. The SMILES string of the molecule is Cc1ccc(SCCNC(=O)N2CCCC(c3nc(C)no3)C2)cc1. The summed E-state index contributed by atoms with van der Waals surface area (Å²) in [5.41, 5.74) is 1.26. The average Bonchev–Trinajstić information content (AvgIpc) is 3.07. The van der Waals surface area contributed by atoms with Crippen LogP contribution in [0.4, 0.5) is 4.79 Å². The van der Waals surface area contributed by atoms with Gasteiger partial charge in [0.05, 0.1) is 5.92 Å².